The van der Waals surface area contributed by atoms with Crippen molar-refractivity contribution in [3.8, 4) is 11.3 Å². The molecule has 1 amide bonds. The number of unbranched alkanes of at least 4 members (excludes halogenated alkanes) is 5. The normalized spacial score (nSPS) is 12.7. The van der Waals surface area contributed by atoms with Gasteiger partial charge in [0.05, 0.1) is 17.3 Å². The summed E-state index contributed by atoms with van der Waals surface area (Å²) in [6.45, 7) is 5.57. The molecule has 0 saturated carbocycles. The van der Waals surface area contributed by atoms with Crippen LogP contribution in [0.25, 0.3) is 11.3 Å². The smallest absolute Gasteiger partial charge is 0.320 e. The Morgan fingerprint density at radius 3 is 2.45 bits per heavy atom. The quantitative estimate of drug-likeness (QED) is 0.184. The van der Waals surface area contributed by atoms with E-state index in [0.717, 1.165) is 43.1 Å². The Morgan fingerprint density at radius 2 is 1.82 bits per heavy atom. The zero-order chi connectivity index (χ0) is 27.9. The number of alkyl halides is 3. The predicted molar refractivity (Wildman–Crippen MR) is 144 cm³/mol. The highest BCUT2D eigenvalue weighted by Gasteiger charge is 2.36. The summed E-state index contributed by atoms with van der Waals surface area (Å²) in [5.74, 6) is -0.968. The van der Waals surface area contributed by atoms with Gasteiger partial charge in [-0.3, -0.25) is 14.7 Å². The SMILES string of the molecule is CCCCCCCCc1ccc(N(C(=O)C(N)C(C)C)c2nc(-c3cccnc3)c(F)s2)cc1C(F)(F)F. The molecule has 10 heteroatoms. The van der Waals surface area contributed by atoms with Crippen LogP contribution in [-0.2, 0) is 17.4 Å². The standard InChI is InChI=1S/C28H34F4N4OS/c1-4-5-6-7-8-9-11-19-13-14-21(16-22(19)28(30,31)32)36(26(37)23(33)18(2)3)27-35-24(25(29)38-27)20-12-10-15-34-17-20/h10,12-18,23H,4-9,11,33H2,1-3H3. The van der Waals surface area contributed by atoms with E-state index in [-0.39, 0.29) is 34.4 Å². The van der Waals surface area contributed by atoms with Crippen LogP contribution in [0.2, 0.25) is 0 Å². The van der Waals surface area contributed by atoms with Gasteiger partial charge in [-0.05, 0) is 48.6 Å². The highest BCUT2D eigenvalue weighted by Crippen LogP contribution is 2.40. The number of nitrogens with zero attached hydrogens (tertiary/aromatic N) is 3. The Balaban J connectivity index is 2.01. The Morgan fingerprint density at radius 1 is 1.11 bits per heavy atom. The molecule has 0 bridgehead atoms. The lowest BCUT2D eigenvalue weighted by molar-refractivity contribution is -0.138. The van der Waals surface area contributed by atoms with E-state index in [1.54, 1.807) is 26.0 Å². The lowest BCUT2D eigenvalue weighted by Crippen LogP contribution is -2.44. The number of pyridine rings is 1. The van der Waals surface area contributed by atoms with Crippen molar-refractivity contribution in [1.29, 1.82) is 0 Å². The molecular weight excluding hydrogens is 516 g/mol. The fraction of sp³-hybridized carbons (Fsp3) is 0.464. The second-order valence-corrected chi connectivity index (χ2v) is 10.6. The lowest BCUT2D eigenvalue weighted by atomic mass is 9.98. The van der Waals surface area contributed by atoms with E-state index in [1.807, 2.05) is 0 Å². The minimum atomic E-state index is -4.63. The topological polar surface area (TPSA) is 72.1 Å². The lowest BCUT2D eigenvalue weighted by Gasteiger charge is -2.26. The van der Waals surface area contributed by atoms with Crippen LogP contribution >= 0.6 is 11.3 Å². The predicted octanol–water partition coefficient (Wildman–Crippen LogP) is 7.91. The summed E-state index contributed by atoms with van der Waals surface area (Å²) < 4.78 is 57.4. The fourth-order valence-electron chi connectivity index (χ4n) is 4.11. The Hall–Kier alpha value is -2.85. The Bertz CT molecular complexity index is 1200. The van der Waals surface area contributed by atoms with E-state index in [9.17, 15) is 22.4 Å². The van der Waals surface area contributed by atoms with Crippen molar-refractivity contribution >= 4 is 28.1 Å². The molecule has 1 aromatic carbocycles. The Labute approximate surface area is 225 Å². The number of aromatic nitrogens is 2. The molecule has 0 fully saturated rings. The van der Waals surface area contributed by atoms with Gasteiger partial charge in [0, 0.05) is 18.0 Å². The number of carbonyl (C=O) groups excluding carboxylic acids is 1. The first-order valence-corrected chi connectivity index (χ1v) is 13.7. The zero-order valence-electron chi connectivity index (χ0n) is 21.9. The average molecular weight is 551 g/mol. The molecule has 206 valence electrons. The molecule has 38 heavy (non-hydrogen) atoms. The molecular formula is C28H34F4N4OS. The van der Waals surface area contributed by atoms with Crippen LogP contribution in [0.4, 0.5) is 28.4 Å². The minimum absolute atomic E-state index is 0.0373. The minimum Gasteiger partial charge on any atom is -0.320 e. The molecule has 0 aliphatic rings. The molecule has 0 spiro atoms. The molecule has 2 heterocycles. The molecule has 5 nitrogen and oxygen atoms in total. The second kappa shape index (κ2) is 13.3. The van der Waals surface area contributed by atoms with Crippen molar-refractivity contribution in [3.63, 3.8) is 0 Å². The van der Waals surface area contributed by atoms with Crippen LogP contribution in [0.5, 0.6) is 0 Å². The molecule has 0 aliphatic carbocycles. The molecule has 0 radical (unpaired) electrons. The van der Waals surface area contributed by atoms with Gasteiger partial charge in [0.2, 0.25) is 5.13 Å². The van der Waals surface area contributed by atoms with E-state index >= 15 is 0 Å². The van der Waals surface area contributed by atoms with Crippen LogP contribution < -0.4 is 10.6 Å². The van der Waals surface area contributed by atoms with Crippen molar-refractivity contribution in [2.24, 2.45) is 11.7 Å². The van der Waals surface area contributed by atoms with Crippen LogP contribution in [0.3, 0.4) is 0 Å². The zero-order valence-corrected chi connectivity index (χ0v) is 22.7. The molecule has 0 aliphatic heterocycles. The number of hydrogen-bond donors (Lipinski definition) is 1. The van der Waals surface area contributed by atoms with Gasteiger partial charge in [0.15, 0.2) is 5.13 Å². The first kappa shape index (κ1) is 29.7. The maximum Gasteiger partial charge on any atom is 0.416 e. The average Bonchev–Trinajstić information content (AvgIpc) is 3.26. The van der Waals surface area contributed by atoms with E-state index in [1.165, 1.54) is 24.5 Å². The number of hydrogen-bond acceptors (Lipinski definition) is 5. The fourth-order valence-corrected chi connectivity index (χ4v) is 4.96. The highest BCUT2D eigenvalue weighted by atomic mass is 32.1. The maximum atomic E-state index is 15.0. The number of anilines is 2. The summed E-state index contributed by atoms with van der Waals surface area (Å²) in [6, 6.07) is 6.00. The van der Waals surface area contributed by atoms with Crippen molar-refractivity contribution in [2.75, 3.05) is 4.90 Å². The summed E-state index contributed by atoms with van der Waals surface area (Å²) in [5.41, 5.74) is 5.76. The van der Waals surface area contributed by atoms with Gasteiger partial charge in [0.25, 0.3) is 5.91 Å². The highest BCUT2D eigenvalue weighted by molar-refractivity contribution is 7.14. The monoisotopic (exact) mass is 550 g/mol. The van der Waals surface area contributed by atoms with Gasteiger partial charge in [0.1, 0.15) is 5.69 Å². The molecule has 0 saturated heterocycles. The van der Waals surface area contributed by atoms with E-state index in [0.29, 0.717) is 23.3 Å². The number of aryl methyl sites for hydroxylation is 1. The van der Waals surface area contributed by atoms with E-state index < -0.39 is 28.8 Å². The van der Waals surface area contributed by atoms with Gasteiger partial charge >= 0.3 is 6.18 Å². The number of thiazole rings is 1. The van der Waals surface area contributed by atoms with Gasteiger partial charge in [-0.2, -0.15) is 17.6 Å². The summed E-state index contributed by atoms with van der Waals surface area (Å²) in [6.07, 6.45) is 4.35. The van der Waals surface area contributed by atoms with E-state index in [4.69, 9.17) is 5.73 Å². The van der Waals surface area contributed by atoms with Crippen LogP contribution in [0, 0.1) is 11.0 Å². The number of benzene rings is 1. The largest absolute Gasteiger partial charge is 0.416 e. The number of carbonyl (C=O) groups is 1. The molecule has 3 aromatic rings. The molecule has 1 unspecified atom stereocenters. The van der Waals surface area contributed by atoms with Crippen LogP contribution in [0.1, 0.15) is 70.4 Å². The second-order valence-electron chi connectivity index (χ2n) is 9.66. The first-order valence-electron chi connectivity index (χ1n) is 12.9. The van der Waals surface area contributed by atoms with Crippen molar-refractivity contribution in [2.45, 2.75) is 77.9 Å². The van der Waals surface area contributed by atoms with Gasteiger partial charge in [-0.1, -0.05) is 70.3 Å². The maximum absolute atomic E-state index is 15.0. The molecule has 1 atom stereocenters. The third kappa shape index (κ3) is 7.38. The molecule has 2 N–H and O–H groups in total. The number of rotatable bonds is 12. The number of nitrogens with two attached hydrogens (primary N) is 1. The Kier molecular flexibility index (Phi) is 10.4. The summed E-state index contributed by atoms with van der Waals surface area (Å²) in [7, 11) is 0. The van der Waals surface area contributed by atoms with Gasteiger partial charge in [-0.25, -0.2) is 4.98 Å². The summed E-state index contributed by atoms with van der Waals surface area (Å²) in [5, 5.41) is -0.779. The number of amides is 1. The first-order chi connectivity index (χ1) is 18.0. The third-order valence-electron chi connectivity index (χ3n) is 6.38. The van der Waals surface area contributed by atoms with Gasteiger partial charge < -0.3 is 5.73 Å². The number of halogens is 4. The van der Waals surface area contributed by atoms with Gasteiger partial charge in [-0.15, -0.1) is 0 Å². The van der Waals surface area contributed by atoms with E-state index in [2.05, 4.69) is 16.9 Å². The molecule has 3 rings (SSSR count). The van der Waals surface area contributed by atoms with Crippen LogP contribution in [0.15, 0.2) is 42.7 Å². The van der Waals surface area contributed by atoms with Crippen LogP contribution in [-0.4, -0.2) is 21.9 Å². The van der Waals surface area contributed by atoms with Crippen molar-refractivity contribution < 1.29 is 22.4 Å². The van der Waals surface area contributed by atoms with Crippen molar-refractivity contribution in [3.05, 3.63) is 59.0 Å². The summed E-state index contributed by atoms with van der Waals surface area (Å²) >= 11 is 0.573. The third-order valence-corrected chi connectivity index (χ3v) is 7.21. The van der Waals surface area contributed by atoms with Crippen molar-refractivity contribution in [1.82, 2.24) is 9.97 Å². The summed E-state index contributed by atoms with van der Waals surface area (Å²) in [4.78, 5) is 22.7. The molecule has 2 aromatic heterocycles.